The molecular weight excluding hydrogens is 338 g/mol. The number of rotatable bonds is 5. The molecule has 0 saturated heterocycles. The highest BCUT2D eigenvalue weighted by Crippen LogP contribution is 2.31. The van der Waals surface area contributed by atoms with Crippen LogP contribution in [0.4, 0.5) is 5.69 Å². The lowest BCUT2D eigenvalue weighted by molar-refractivity contribution is 0.414. The maximum Gasteiger partial charge on any atom is 0.118 e. The Kier molecular flexibility index (Phi) is 5.32. The Hall–Kier alpha value is -1.19. The maximum absolute atomic E-state index is 6.23. The summed E-state index contributed by atoms with van der Waals surface area (Å²) >= 11 is 9.70. The smallest absolute Gasteiger partial charge is 0.118 e. The van der Waals surface area contributed by atoms with Crippen LogP contribution >= 0.6 is 27.5 Å². The summed E-state index contributed by atoms with van der Waals surface area (Å²) in [5.41, 5.74) is 2.15. The molecule has 0 radical (unpaired) electrons. The van der Waals surface area contributed by atoms with E-state index in [1.54, 1.807) is 7.11 Å². The first-order chi connectivity index (χ1) is 9.63. The summed E-state index contributed by atoms with van der Waals surface area (Å²) in [6, 6.07) is 14.1. The largest absolute Gasteiger partial charge is 0.497 e. The Balaban J connectivity index is 2.21. The minimum atomic E-state index is 0.215. The Labute approximate surface area is 133 Å². The molecule has 0 aliphatic heterocycles. The topological polar surface area (TPSA) is 21.3 Å². The van der Waals surface area contributed by atoms with Gasteiger partial charge < -0.3 is 10.1 Å². The lowest BCUT2D eigenvalue weighted by Crippen LogP contribution is -2.10. The number of hydrogen-bond donors (Lipinski definition) is 1. The first-order valence-corrected chi connectivity index (χ1v) is 7.66. The highest BCUT2D eigenvalue weighted by molar-refractivity contribution is 9.10. The SMILES string of the molecule is CCC(Nc1cc(Br)ccc1Cl)c1ccc(OC)cc1. The first kappa shape index (κ1) is 15.2. The van der Waals surface area contributed by atoms with Gasteiger partial charge in [-0.05, 0) is 42.3 Å². The van der Waals surface area contributed by atoms with E-state index >= 15 is 0 Å². The molecule has 4 heteroatoms. The van der Waals surface area contributed by atoms with Crippen molar-refractivity contribution in [2.24, 2.45) is 0 Å². The molecule has 106 valence electrons. The Morgan fingerprint density at radius 2 is 1.90 bits per heavy atom. The van der Waals surface area contributed by atoms with E-state index in [1.165, 1.54) is 5.56 Å². The quantitative estimate of drug-likeness (QED) is 0.746. The van der Waals surface area contributed by atoms with Crippen molar-refractivity contribution in [3.8, 4) is 5.75 Å². The van der Waals surface area contributed by atoms with Crippen molar-refractivity contribution >= 4 is 33.2 Å². The van der Waals surface area contributed by atoms with Gasteiger partial charge in [0.15, 0.2) is 0 Å². The van der Waals surface area contributed by atoms with Crippen LogP contribution in [0.5, 0.6) is 5.75 Å². The molecule has 0 bridgehead atoms. The molecule has 20 heavy (non-hydrogen) atoms. The molecule has 2 nitrogen and oxygen atoms in total. The maximum atomic E-state index is 6.23. The zero-order chi connectivity index (χ0) is 14.5. The number of methoxy groups -OCH3 is 1. The molecule has 1 unspecified atom stereocenters. The lowest BCUT2D eigenvalue weighted by atomic mass is 10.0. The highest BCUT2D eigenvalue weighted by Gasteiger charge is 2.11. The molecule has 2 aromatic carbocycles. The van der Waals surface area contributed by atoms with E-state index in [4.69, 9.17) is 16.3 Å². The predicted octanol–water partition coefficient (Wildman–Crippen LogP) is 5.67. The van der Waals surface area contributed by atoms with Crippen molar-refractivity contribution in [1.82, 2.24) is 0 Å². The number of ether oxygens (including phenoxy) is 1. The second-order valence-corrected chi connectivity index (χ2v) is 5.83. The molecule has 0 saturated carbocycles. The average Bonchev–Trinajstić information content (AvgIpc) is 2.48. The van der Waals surface area contributed by atoms with Crippen molar-refractivity contribution in [3.63, 3.8) is 0 Å². The monoisotopic (exact) mass is 353 g/mol. The van der Waals surface area contributed by atoms with Gasteiger partial charge in [-0.25, -0.2) is 0 Å². The summed E-state index contributed by atoms with van der Waals surface area (Å²) in [5.74, 6) is 0.865. The number of nitrogens with one attached hydrogen (secondary N) is 1. The van der Waals surface area contributed by atoms with Crippen LogP contribution < -0.4 is 10.1 Å². The number of benzene rings is 2. The van der Waals surface area contributed by atoms with Gasteiger partial charge in [0.25, 0.3) is 0 Å². The fraction of sp³-hybridized carbons (Fsp3) is 0.250. The average molecular weight is 355 g/mol. The van der Waals surface area contributed by atoms with Crippen LogP contribution in [0.3, 0.4) is 0 Å². The fourth-order valence-corrected chi connectivity index (χ4v) is 2.59. The molecule has 0 aromatic heterocycles. The van der Waals surface area contributed by atoms with Crippen LogP contribution in [-0.4, -0.2) is 7.11 Å². The van der Waals surface area contributed by atoms with Gasteiger partial charge in [-0.1, -0.05) is 46.6 Å². The van der Waals surface area contributed by atoms with Gasteiger partial charge in [0, 0.05) is 4.47 Å². The second kappa shape index (κ2) is 7.00. The summed E-state index contributed by atoms with van der Waals surface area (Å²) in [6.07, 6.45) is 0.967. The number of hydrogen-bond acceptors (Lipinski definition) is 2. The zero-order valence-corrected chi connectivity index (χ0v) is 13.8. The van der Waals surface area contributed by atoms with Crippen LogP contribution in [-0.2, 0) is 0 Å². The van der Waals surface area contributed by atoms with Gasteiger partial charge in [-0.15, -0.1) is 0 Å². The van der Waals surface area contributed by atoms with E-state index in [-0.39, 0.29) is 6.04 Å². The Morgan fingerprint density at radius 1 is 1.20 bits per heavy atom. The van der Waals surface area contributed by atoms with Gasteiger partial charge in [-0.2, -0.15) is 0 Å². The van der Waals surface area contributed by atoms with Gasteiger partial charge in [0.2, 0.25) is 0 Å². The molecule has 0 heterocycles. The van der Waals surface area contributed by atoms with Crippen LogP contribution in [0.25, 0.3) is 0 Å². The molecular formula is C16H17BrClNO. The minimum absolute atomic E-state index is 0.215. The summed E-state index contributed by atoms with van der Waals surface area (Å²) in [4.78, 5) is 0. The van der Waals surface area contributed by atoms with E-state index in [1.807, 2.05) is 30.3 Å². The zero-order valence-electron chi connectivity index (χ0n) is 11.5. The van der Waals surface area contributed by atoms with Gasteiger partial charge >= 0.3 is 0 Å². The first-order valence-electron chi connectivity index (χ1n) is 6.49. The van der Waals surface area contributed by atoms with Gasteiger partial charge in [0.05, 0.1) is 23.9 Å². The highest BCUT2D eigenvalue weighted by atomic mass is 79.9. The van der Waals surface area contributed by atoms with Crippen molar-refractivity contribution in [2.45, 2.75) is 19.4 Å². The van der Waals surface area contributed by atoms with Crippen LogP contribution in [0.15, 0.2) is 46.9 Å². The van der Waals surface area contributed by atoms with Gasteiger partial charge in [-0.3, -0.25) is 0 Å². The van der Waals surface area contributed by atoms with Crippen molar-refractivity contribution < 1.29 is 4.74 Å². The van der Waals surface area contributed by atoms with Crippen LogP contribution in [0.1, 0.15) is 24.9 Å². The number of halogens is 2. The summed E-state index contributed by atoms with van der Waals surface area (Å²) in [6.45, 7) is 2.15. The van der Waals surface area contributed by atoms with Gasteiger partial charge in [0.1, 0.15) is 5.75 Å². The van der Waals surface area contributed by atoms with E-state index in [2.05, 4.69) is 40.3 Å². The van der Waals surface area contributed by atoms with Crippen molar-refractivity contribution in [3.05, 3.63) is 57.5 Å². The Bertz CT molecular complexity index is 571. The molecule has 0 amide bonds. The molecule has 0 fully saturated rings. The molecule has 0 aliphatic carbocycles. The molecule has 0 aliphatic rings. The normalized spacial score (nSPS) is 12.0. The van der Waals surface area contributed by atoms with Crippen molar-refractivity contribution in [1.29, 1.82) is 0 Å². The number of anilines is 1. The lowest BCUT2D eigenvalue weighted by Gasteiger charge is -2.20. The predicted molar refractivity (Wildman–Crippen MR) is 88.8 cm³/mol. The summed E-state index contributed by atoms with van der Waals surface area (Å²) in [5, 5.41) is 4.21. The van der Waals surface area contributed by atoms with E-state index in [9.17, 15) is 0 Å². The van der Waals surface area contributed by atoms with E-state index < -0.39 is 0 Å². The molecule has 2 rings (SSSR count). The Morgan fingerprint density at radius 3 is 2.50 bits per heavy atom. The van der Waals surface area contributed by atoms with Crippen LogP contribution in [0.2, 0.25) is 5.02 Å². The second-order valence-electron chi connectivity index (χ2n) is 4.50. The third-order valence-electron chi connectivity index (χ3n) is 3.18. The van der Waals surface area contributed by atoms with E-state index in [0.717, 1.165) is 27.4 Å². The minimum Gasteiger partial charge on any atom is -0.497 e. The van der Waals surface area contributed by atoms with E-state index in [0.29, 0.717) is 0 Å². The molecule has 1 N–H and O–H groups in total. The standard InChI is InChI=1S/C16H17BrClNO/c1-3-15(11-4-7-13(20-2)8-5-11)19-16-10-12(17)6-9-14(16)18/h4-10,15,19H,3H2,1-2H3. The fourth-order valence-electron chi connectivity index (χ4n) is 2.05. The summed E-state index contributed by atoms with van der Waals surface area (Å²) < 4.78 is 6.20. The summed E-state index contributed by atoms with van der Waals surface area (Å²) in [7, 11) is 1.67. The van der Waals surface area contributed by atoms with Crippen molar-refractivity contribution in [2.75, 3.05) is 12.4 Å². The molecule has 0 spiro atoms. The third-order valence-corrected chi connectivity index (χ3v) is 4.01. The third kappa shape index (κ3) is 3.68. The molecule has 2 aromatic rings. The molecule has 1 atom stereocenters. The van der Waals surface area contributed by atoms with Crippen LogP contribution in [0, 0.1) is 0 Å².